The van der Waals surface area contributed by atoms with Crippen LogP contribution in [0.25, 0.3) is 0 Å². The average Bonchev–Trinajstić information content (AvgIpc) is 2.69. The molecule has 76 valence electrons. The van der Waals surface area contributed by atoms with Crippen LogP contribution in [0.4, 0.5) is 0 Å². The molecule has 0 heterocycles. The highest BCUT2D eigenvalue weighted by Crippen LogP contribution is 2.35. The SMILES string of the molecule is COC(C(=O)CC1CC1)C(C)(C)C. The van der Waals surface area contributed by atoms with Crippen molar-refractivity contribution in [2.75, 3.05) is 7.11 Å². The van der Waals surface area contributed by atoms with Crippen molar-refractivity contribution >= 4 is 5.78 Å². The third-order valence-corrected chi connectivity index (χ3v) is 2.50. The fourth-order valence-corrected chi connectivity index (χ4v) is 1.68. The van der Waals surface area contributed by atoms with Crippen LogP contribution in [0.2, 0.25) is 0 Å². The summed E-state index contributed by atoms with van der Waals surface area (Å²) in [4.78, 5) is 11.7. The number of rotatable bonds is 4. The summed E-state index contributed by atoms with van der Waals surface area (Å²) in [7, 11) is 1.63. The van der Waals surface area contributed by atoms with Crippen LogP contribution in [-0.2, 0) is 9.53 Å². The van der Waals surface area contributed by atoms with Crippen LogP contribution in [0.3, 0.4) is 0 Å². The van der Waals surface area contributed by atoms with Crippen LogP contribution < -0.4 is 0 Å². The highest BCUT2D eigenvalue weighted by atomic mass is 16.5. The van der Waals surface area contributed by atoms with Crippen molar-refractivity contribution in [3.8, 4) is 0 Å². The van der Waals surface area contributed by atoms with E-state index in [1.807, 2.05) is 20.8 Å². The van der Waals surface area contributed by atoms with Crippen LogP contribution in [0.15, 0.2) is 0 Å². The molecule has 2 heteroatoms. The fourth-order valence-electron chi connectivity index (χ4n) is 1.68. The predicted octanol–water partition coefficient (Wildman–Crippen LogP) is 2.42. The molecular weight excluding hydrogens is 164 g/mol. The molecule has 0 aromatic carbocycles. The molecule has 1 saturated carbocycles. The zero-order valence-corrected chi connectivity index (χ0v) is 9.09. The smallest absolute Gasteiger partial charge is 0.162 e. The highest BCUT2D eigenvalue weighted by Gasteiger charge is 2.34. The van der Waals surface area contributed by atoms with Crippen molar-refractivity contribution in [1.29, 1.82) is 0 Å². The third kappa shape index (κ3) is 3.11. The van der Waals surface area contributed by atoms with Gasteiger partial charge in [0.2, 0.25) is 0 Å². The average molecular weight is 184 g/mol. The van der Waals surface area contributed by atoms with E-state index in [0.29, 0.717) is 5.92 Å². The summed E-state index contributed by atoms with van der Waals surface area (Å²) in [6, 6.07) is 0. The molecule has 0 aliphatic heterocycles. The molecule has 0 amide bonds. The van der Waals surface area contributed by atoms with E-state index >= 15 is 0 Å². The van der Waals surface area contributed by atoms with Gasteiger partial charge in [-0.2, -0.15) is 0 Å². The first-order valence-corrected chi connectivity index (χ1v) is 5.00. The van der Waals surface area contributed by atoms with Crippen LogP contribution in [-0.4, -0.2) is 19.0 Å². The van der Waals surface area contributed by atoms with E-state index in [2.05, 4.69) is 0 Å². The number of carbonyl (C=O) groups excluding carboxylic acids is 1. The molecular formula is C11H20O2. The summed E-state index contributed by atoms with van der Waals surface area (Å²) in [5.74, 6) is 0.935. The monoisotopic (exact) mass is 184 g/mol. The Balaban J connectivity index is 2.48. The van der Waals surface area contributed by atoms with E-state index in [1.165, 1.54) is 12.8 Å². The number of hydrogen-bond donors (Lipinski definition) is 0. The number of ether oxygens (including phenoxy) is 1. The highest BCUT2D eigenvalue weighted by molar-refractivity contribution is 5.84. The summed E-state index contributed by atoms with van der Waals surface area (Å²) < 4.78 is 5.26. The van der Waals surface area contributed by atoms with E-state index in [-0.39, 0.29) is 17.3 Å². The molecule has 0 aromatic heterocycles. The molecule has 1 unspecified atom stereocenters. The Morgan fingerprint density at radius 2 is 2.00 bits per heavy atom. The molecule has 0 aromatic rings. The minimum absolute atomic E-state index is 0.0687. The maximum absolute atomic E-state index is 11.7. The molecule has 0 N–H and O–H groups in total. The number of methoxy groups -OCH3 is 1. The Bertz CT molecular complexity index is 187. The lowest BCUT2D eigenvalue weighted by atomic mass is 9.85. The molecule has 2 nitrogen and oxygen atoms in total. The summed E-state index contributed by atoms with van der Waals surface area (Å²) in [6.45, 7) is 6.14. The molecule has 0 bridgehead atoms. The summed E-state index contributed by atoms with van der Waals surface area (Å²) >= 11 is 0. The Morgan fingerprint density at radius 1 is 1.46 bits per heavy atom. The second kappa shape index (κ2) is 3.79. The summed E-state index contributed by atoms with van der Waals surface area (Å²) in [5, 5.41) is 0. The van der Waals surface area contributed by atoms with Gasteiger partial charge in [0.25, 0.3) is 0 Å². The molecule has 1 fully saturated rings. The van der Waals surface area contributed by atoms with E-state index in [1.54, 1.807) is 7.11 Å². The summed E-state index contributed by atoms with van der Waals surface area (Å²) in [5.41, 5.74) is -0.0687. The molecule has 0 saturated heterocycles. The van der Waals surface area contributed by atoms with Gasteiger partial charge in [0, 0.05) is 13.5 Å². The lowest BCUT2D eigenvalue weighted by Gasteiger charge is -2.28. The van der Waals surface area contributed by atoms with Gasteiger partial charge < -0.3 is 4.74 Å². The second-order valence-electron chi connectivity index (χ2n) is 5.10. The van der Waals surface area contributed by atoms with Crippen molar-refractivity contribution in [3.05, 3.63) is 0 Å². The van der Waals surface area contributed by atoms with Crippen LogP contribution in [0.5, 0.6) is 0 Å². The molecule has 0 radical (unpaired) electrons. The molecule has 1 aliphatic carbocycles. The number of hydrogen-bond acceptors (Lipinski definition) is 2. The zero-order chi connectivity index (χ0) is 10.1. The van der Waals surface area contributed by atoms with Gasteiger partial charge >= 0.3 is 0 Å². The van der Waals surface area contributed by atoms with Gasteiger partial charge in [0.15, 0.2) is 5.78 Å². The topological polar surface area (TPSA) is 26.3 Å². The number of carbonyl (C=O) groups is 1. The lowest BCUT2D eigenvalue weighted by molar-refractivity contribution is -0.135. The fraction of sp³-hybridized carbons (Fsp3) is 0.909. The zero-order valence-electron chi connectivity index (χ0n) is 9.09. The van der Waals surface area contributed by atoms with Gasteiger partial charge in [-0.05, 0) is 24.2 Å². The first-order valence-electron chi connectivity index (χ1n) is 5.00. The Morgan fingerprint density at radius 3 is 2.31 bits per heavy atom. The van der Waals surface area contributed by atoms with Gasteiger partial charge in [-0.15, -0.1) is 0 Å². The maximum Gasteiger partial charge on any atom is 0.162 e. The van der Waals surface area contributed by atoms with E-state index < -0.39 is 0 Å². The molecule has 1 rings (SSSR count). The van der Waals surface area contributed by atoms with E-state index in [9.17, 15) is 4.79 Å². The number of Topliss-reactive ketones (excluding diaryl/α,β-unsaturated/α-hetero) is 1. The molecule has 1 atom stereocenters. The maximum atomic E-state index is 11.7. The van der Waals surface area contributed by atoms with Gasteiger partial charge in [-0.1, -0.05) is 20.8 Å². The quantitative estimate of drug-likeness (QED) is 0.670. The van der Waals surface area contributed by atoms with Crippen molar-refractivity contribution in [1.82, 2.24) is 0 Å². The standard InChI is InChI=1S/C11H20O2/c1-11(2,3)10(13-4)9(12)7-8-5-6-8/h8,10H,5-7H2,1-4H3. The lowest BCUT2D eigenvalue weighted by Crippen LogP contribution is -2.36. The Kier molecular flexibility index (Phi) is 3.12. The van der Waals surface area contributed by atoms with Gasteiger partial charge in [-0.25, -0.2) is 0 Å². The van der Waals surface area contributed by atoms with Gasteiger partial charge in [-0.3, -0.25) is 4.79 Å². The first kappa shape index (κ1) is 10.7. The third-order valence-electron chi connectivity index (χ3n) is 2.50. The molecule has 0 spiro atoms. The second-order valence-corrected chi connectivity index (χ2v) is 5.10. The largest absolute Gasteiger partial charge is 0.373 e. The van der Waals surface area contributed by atoms with Crippen molar-refractivity contribution in [2.24, 2.45) is 11.3 Å². The van der Waals surface area contributed by atoms with E-state index in [4.69, 9.17) is 4.74 Å². The van der Waals surface area contributed by atoms with Gasteiger partial charge in [0.05, 0.1) is 0 Å². The van der Waals surface area contributed by atoms with Crippen LogP contribution in [0.1, 0.15) is 40.0 Å². The molecule has 1 aliphatic rings. The summed E-state index contributed by atoms with van der Waals surface area (Å²) in [6.07, 6.45) is 2.95. The normalized spacial score (nSPS) is 20.0. The first-order chi connectivity index (χ1) is 5.95. The van der Waals surface area contributed by atoms with Crippen molar-refractivity contribution < 1.29 is 9.53 Å². The van der Waals surface area contributed by atoms with Gasteiger partial charge in [0.1, 0.15) is 6.10 Å². The minimum atomic E-state index is -0.229. The van der Waals surface area contributed by atoms with E-state index in [0.717, 1.165) is 6.42 Å². The molecule has 13 heavy (non-hydrogen) atoms. The van der Waals surface area contributed by atoms with Crippen LogP contribution >= 0.6 is 0 Å². The number of ketones is 1. The van der Waals surface area contributed by atoms with Crippen LogP contribution in [0, 0.1) is 11.3 Å². The Hall–Kier alpha value is -0.370. The van der Waals surface area contributed by atoms with Crippen molar-refractivity contribution in [3.63, 3.8) is 0 Å². The predicted molar refractivity (Wildman–Crippen MR) is 52.6 cm³/mol. The minimum Gasteiger partial charge on any atom is -0.373 e. The Labute approximate surface area is 80.7 Å². The van der Waals surface area contributed by atoms with Crippen molar-refractivity contribution in [2.45, 2.75) is 46.1 Å².